The molecule has 0 radical (unpaired) electrons. The quantitative estimate of drug-likeness (QED) is 0.767. The molecule has 2 fully saturated rings. The van der Waals surface area contributed by atoms with Gasteiger partial charge in [-0.15, -0.1) is 0 Å². The number of hydrogen-bond donors (Lipinski definition) is 1. The van der Waals surface area contributed by atoms with Gasteiger partial charge in [0.2, 0.25) is 0 Å². The van der Waals surface area contributed by atoms with Crippen molar-refractivity contribution in [1.29, 1.82) is 0 Å². The van der Waals surface area contributed by atoms with Gasteiger partial charge in [0, 0.05) is 0 Å². The van der Waals surface area contributed by atoms with Crippen LogP contribution in [-0.4, -0.2) is 35.1 Å². The standard InChI is InChI=1S/C14H25NO2/c16-14(17)13-8-5-10-15(13)11-9-12-6-3-1-2-4-7-12/h12-13H,1-11H2,(H,16,17)/t13-/m1/s1. The zero-order valence-electron chi connectivity index (χ0n) is 10.7. The second kappa shape index (κ2) is 6.39. The number of carbonyl (C=O) groups is 1. The van der Waals surface area contributed by atoms with Crippen LogP contribution < -0.4 is 0 Å². The van der Waals surface area contributed by atoms with E-state index in [0.29, 0.717) is 0 Å². The predicted molar refractivity (Wildman–Crippen MR) is 68.0 cm³/mol. The Morgan fingerprint density at radius 2 is 1.76 bits per heavy atom. The zero-order valence-corrected chi connectivity index (χ0v) is 10.7. The van der Waals surface area contributed by atoms with Crippen LogP contribution >= 0.6 is 0 Å². The number of rotatable bonds is 4. The van der Waals surface area contributed by atoms with E-state index in [-0.39, 0.29) is 6.04 Å². The Bertz CT molecular complexity index is 247. The summed E-state index contributed by atoms with van der Waals surface area (Å²) in [5.41, 5.74) is 0. The fraction of sp³-hybridized carbons (Fsp3) is 0.929. The summed E-state index contributed by atoms with van der Waals surface area (Å²) < 4.78 is 0. The summed E-state index contributed by atoms with van der Waals surface area (Å²) in [4.78, 5) is 13.3. The highest BCUT2D eigenvalue weighted by atomic mass is 16.4. The van der Waals surface area contributed by atoms with Crippen LogP contribution in [0.25, 0.3) is 0 Å². The van der Waals surface area contributed by atoms with Crippen LogP contribution in [0.4, 0.5) is 0 Å². The van der Waals surface area contributed by atoms with Crippen LogP contribution in [0.2, 0.25) is 0 Å². The molecule has 0 spiro atoms. The zero-order chi connectivity index (χ0) is 12.1. The molecule has 1 saturated heterocycles. The highest BCUT2D eigenvalue weighted by molar-refractivity contribution is 5.73. The summed E-state index contributed by atoms with van der Waals surface area (Å²) in [5, 5.41) is 9.12. The lowest BCUT2D eigenvalue weighted by molar-refractivity contribution is -0.142. The summed E-state index contributed by atoms with van der Waals surface area (Å²) in [7, 11) is 0. The van der Waals surface area contributed by atoms with Crippen molar-refractivity contribution in [1.82, 2.24) is 4.90 Å². The summed E-state index contributed by atoms with van der Waals surface area (Å²) in [6, 6.07) is -0.194. The normalized spacial score (nSPS) is 28.1. The molecule has 0 bridgehead atoms. The van der Waals surface area contributed by atoms with E-state index >= 15 is 0 Å². The molecule has 1 aliphatic carbocycles. The van der Waals surface area contributed by atoms with Crippen molar-refractivity contribution in [3.63, 3.8) is 0 Å². The first-order valence-corrected chi connectivity index (χ1v) is 7.24. The topological polar surface area (TPSA) is 40.5 Å². The van der Waals surface area contributed by atoms with E-state index in [1.54, 1.807) is 0 Å². The Balaban J connectivity index is 1.74. The molecule has 0 aromatic heterocycles. The Kier molecular flexibility index (Phi) is 4.84. The van der Waals surface area contributed by atoms with Crippen LogP contribution in [0.3, 0.4) is 0 Å². The maximum atomic E-state index is 11.1. The first kappa shape index (κ1) is 12.9. The van der Waals surface area contributed by atoms with Gasteiger partial charge in [0.1, 0.15) is 6.04 Å². The van der Waals surface area contributed by atoms with Crippen molar-refractivity contribution < 1.29 is 9.90 Å². The predicted octanol–water partition coefficient (Wildman–Crippen LogP) is 2.90. The third-order valence-corrected chi connectivity index (χ3v) is 4.45. The third-order valence-electron chi connectivity index (χ3n) is 4.45. The molecule has 1 saturated carbocycles. The fourth-order valence-electron chi connectivity index (χ4n) is 3.37. The van der Waals surface area contributed by atoms with Gasteiger partial charge < -0.3 is 5.11 Å². The summed E-state index contributed by atoms with van der Waals surface area (Å²) in [6.07, 6.45) is 11.4. The van der Waals surface area contributed by atoms with E-state index in [1.165, 1.54) is 44.9 Å². The smallest absolute Gasteiger partial charge is 0.320 e. The maximum Gasteiger partial charge on any atom is 0.320 e. The molecule has 3 heteroatoms. The van der Waals surface area contributed by atoms with E-state index < -0.39 is 5.97 Å². The minimum atomic E-state index is -0.622. The molecule has 1 N–H and O–H groups in total. The van der Waals surface area contributed by atoms with E-state index in [9.17, 15) is 4.79 Å². The molecule has 98 valence electrons. The maximum absolute atomic E-state index is 11.1. The minimum absolute atomic E-state index is 0.194. The molecule has 1 aliphatic heterocycles. The molecular formula is C14H25NO2. The molecule has 1 heterocycles. The Morgan fingerprint density at radius 3 is 2.41 bits per heavy atom. The van der Waals surface area contributed by atoms with Gasteiger partial charge in [0.25, 0.3) is 0 Å². The van der Waals surface area contributed by atoms with Gasteiger partial charge >= 0.3 is 5.97 Å². The van der Waals surface area contributed by atoms with E-state index in [2.05, 4.69) is 4.90 Å². The highest BCUT2D eigenvalue weighted by Crippen LogP contribution is 2.27. The van der Waals surface area contributed by atoms with Crippen LogP contribution in [0, 0.1) is 5.92 Å². The number of aliphatic carboxylic acids is 1. The Hall–Kier alpha value is -0.570. The highest BCUT2D eigenvalue weighted by Gasteiger charge is 2.30. The Labute approximate surface area is 104 Å². The van der Waals surface area contributed by atoms with Gasteiger partial charge in [-0.2, -0.15) is 0 Å². The molecule has 1 atom stereocenters. The van der Waals surface area contributed by atoms with Crippen molar-refractivity contribution >= 4 is 5.97 Å². The second-order valence-electron chi connectivity index (χ2n) is 5.68. The van der Waals surface area contributed by atoms with Gasteiger partial charge in [-0.1, -0.05) is 38.5 Å². The lowest BCUT2D eigenvalue weighted by atomic mass is 9.96. The molecule has 3 nitrogen and oxygen atoms in total. The van der Waals surface area contributed by atoms with Crippen molar-refractivity contribution in [2.75, 3.05) is 13.1 Å². The van der Waals surface area contributed by atoms with Crippen LogP contribution in [0.1, 0.15) is 57.8 Å². The summed E-state index contributed by atoms with van der Waals surface area (Å²) >= 11 is 0. The van der Waals surface area contributed by atoms with E-state index in [1.807, 2.05) is 0 Å². The lowest BCUT2D eigenvalue weighted by Crippen LogP contribution is -2.37. The van der Waals surface area contributed by atoms with Gasteiger partial charge in [0.05, 0.1) is 0 Å². The fourth-order valence-corrected chi connectivity index (χ4v) is 3.37. The first-order valence-electron chi connectivity index (χ1n) is 7.24. The number of likely N-dealkylation sites (tertiary alicyclic amines) is 1. The number of hydrogen-bond acceptors (Lipinski definition) is 2. The monoisotopic (exact) mass is 239 g/mol. The van der Waals surface area contributed by atoms with Gasteiger partial charge in [-0.25, -0.2) is 0 Å². The molecular weight excluding hydrogens is 214 g/mol. The molecule has 0 aromatic rings. The average Bonchev–Trinajstić information content (AvgIpc) is 2.63. The van der Waals surface area contributed by atoms with Crippen molar-refractivity contribution in [2.45, 2.75) is 63.8 Å². The number of nitrogens with zero attached hydrogens (tertiary/aromatic N) is 1. The van der Waals surface area contributed by atoms with Crippen LogP contribution in [-0.2, 0) is 4.79 Å². The van der Waals surface area contributed by atoms with Crippen molar-refractivity contribution in [3.05, 3.63) is 0 Å². The van der Waals surface area contributed by atoms with Crippen LogP contribution in [0.15, 0.2) is 0 Å². The first-order chi connectivity index (χ1) is 8.27. The average molecular weight is 239 g/mol. The molecule has 2 rings (SSSR count). The molecule has 2 aliphatic rings. The van der Waals surface area contributed by atoms with E-state index in [4.69, 9.17) is 5.11 Å². The van der Waals surface area contributed by atoms with Crippen molar-refractivity contribution in [2.24, 2.45) is 5.92 Å². The minimum Gasteiger partial charge on any atom is -0.480 e. The van der Waals surface area contributed by atoms with Crippen molar-refractivity contribution in [3.8, 4) is 0 Å². The van der Waals surface area contributed by atoms with E-state index in [0.717, 1.165) is 31.8 Å². The molecule has 0 amide bonds. The summed E-state index contributed by atoms with van der Waals surface area (Å²) in [6.45, 7) is 1.99. The number of carboxylic acids is 1. The largest absolute Gasteiger partial charge is 0.480 e. The van der Waals surface area contributed by atoms with Gasteiger partial charge in [0.15, 0.2) is 0 Å². The molecule has 0 aromatic carbocycles. The molecule has 17 heavy (non-hydrogen) atoms. The number of carboxylic acid groups (broad SMARTS) is 1. The Morgan fingerprint density at radius 1 is 1.06 bits per heavy atom. The SMILES string of the molecule is O=C(O)[C@H]1CCCN1CCC1CCCCCC1. The van der Waals surface area contributed by atoms with Gasteiger partial charge in [-0.05, 0) is 38.3 Å². The van der Waals surface area contributed by atoms with Gasteiger partial charge in [-0.3, -0.25) is 9.69 Å². The summed E-state index contributed by atoms with van der Waals surface area (Å²) in [5.74, 6) is 0.232. The lowest BCUT2D eigenvalue weighted by Gasteiger charge is -2.23. The second-order valence-corrected chi connectivity index (χ2v) is 5.68. The van der Waals surface area contributed by atoms with Crippen LogP contribution in [0.5, 0.6) is 0 Å². The molecule has 0 unspecified atom stereocenters. The third kappa shape index (κ3) is 3.70.